The second-order valence-electron chi connectivity index (χ2n) is 5.97. The summed E-state index contributed by atoms with van der Waals surface area (Å²) in [4.78, 5) is 6.50. The first-order valence-corrected chi connectivity index (χ1v) is 9.49. The SMILES string of the molecule is Cc1cccc(-c2nc(C(F)(F)F)c(-c3ccc(S(C)(=O)=O)cc3)[nH]2)c1. The van der Waals surface area contributed by atoms with E-state index in [2.05, 4.69) is 9.97 Å². The highest BCUT2D eigenvalue weighted by Gasteiger charge is 2.38. The molecule has 0 bridgehead atoms. The van der Waals surface area contributed by atoms with Gasteiger partial charge in [0.1, 0.15) is 5.82 Å². The summed E-state index contributed by atoms with van der Waals surface area (Å²) in [6.45, 7) is 1.84. The summed E-state index contributed by atoms with van der Waals surface area (Å²) in [6, 6.07) is 12.2. The zero-order chi connectivity index (χ0) is 19.1. The summed E-state index contributed by atoms with van der Waals surface area (Å²) >= 11 is 0. The number of rotatable bonds is 3. The third-order valence-corrected chi connectivity index (χ3v) is 4.96. The Bertz CT molecular complexity index is 1050. The maximum atomic E-state index is 13.4. The normalized spacial score (nSPS) is 12.3. The van der Waals surface area contributed by atoms with E-state index in [0.29, 0.717) is 5.56 Å². The molecule has 3 rings (SSSR count). The number of H-pyrrole nitrogens is 1. The van der Waals surface area contributed by atoms with Gasteiger partial charge in [-0.25, -0.2) is 13.4 Å². The number of nitrogens with one attached hydrogen (secondary N) is 1. The van der Waals surface area contributed by atoms with Crippen LogP contribution in [0.1, 0.15) is 11.3 Å². The predicted octanol–water partition coefficient (Wildman–Crippen LogP) is 4.47. The van der Waals surface area contributed by atoms with Crippen molar-refractivity contribution in [2.24, 2.45) is 0 Å². The number of imidazole rings is 1. The first-order valence-electron chi connectivity index (χ1n) is 7.60. The third-order valence-electron chi connectivity index (χ3n) is 3.83. The van der Waals surface area contributed by atoms with Gasteiger partial charge < -0.3 is 4.98 Å². The van der Waals surface area contributed by atoms with Crippen LogP contribution in [0.2, 0.25) is 0 Å². The quantitative estimate of drug-likeness (QED) is 0.729. The smallest absolute Gasteiger partial charge is 0.337 e. The molecule has 0 saturated heterocycles. The van der Waals surface area contributed by atoms with Crippen LogP contribution in [0.25, 0.3) is 22.6 Å². The van der Waals surface area contributed by atoms with Crippen molar-refractivity contribution in [3.63, 3.8) is 0 Å². The molecule has 136 valence electrons. The largest absolute Gasteiger partial charge is 0.435 e. The Morgan fingerprint density at radius 3 is 2.19 bits per heavy atom. The maximum Gasteiger partial charge on any atom is 0.435 e. The minimum atomic E-state index is -4.65. The predicted molar refractivity (Wildman–Crippen MR) is 92.3 cm³/mol. The number of sulfone groups is 1. The molecule has 8 heteroatoms. The Morgan fingerprint density at radius 1 is 1.00 bits per heavy atom. The Balaban J connectivity index is 2.14. The molecule has 3 aromatic rings. The summed E-state index contributed by atoms with van der Waals surface area (Å²) in [5, 5.41) is 0. The molecule has 1 N–H and O–H groups in total. The van der Waals surface area contributed by atoms with Crippen molar-refractivity contribution in [2.45, 2.75) is 18.0 Å². The molecular weight excluding hydrogens is 365 g/mol. The van der Waals surface area contributed by atoms with Crippen molar-refractivity contribution in [3.05, 3.63) is 59.8 Å². The van der Waals surface area contributed by atoms with Crippen LogP contribution in [0.5, 0.6) is 0 Å². The fourth-order valence-electron chi connectivity index (χ4n) is 2.59. The minimum absolute atomic E-state index is 0.0354. The summed E-state index contributed by atoms with van der Waals surface area (Å²) in [5.41, 5.74) is 0.396. The van der Waals surface area contributed by atoms with Gasteiger partial charge in [0.25, 0.3) is 0 Å². The summed E-state index contributed by atoms with van der Waals surface area (Å²) in [7, 11) is -3.43. The monoisotopic (exact) mass is 380 g/mol. The molecule has 1 aromatic heterocycles. The average Bonchev–Trinajstić information content (AvgIpc) is 3.00. The third kappa shape index (κ3) is 3.65. The van der Waals surface area contributed by atoms with E-state index in [0.717, 1.165) is 11.8 Å². The number of aryl methyl sites for hydroxylation is 1. The van der Waals surface area contributed by atoms with Crippen molar-refractivity contribution >= 4 is 9.84 Å². The maximum absolute atomic E-state index is 13.4. The van der Waals surface area contributed by atoms with Gasteiger partial charge in [-0.15, -0.1) is 0 Å². The number of aromatic nitrogens is 2. The summed E-state index contributed by atoms with van der Waals surface area (Å²) in [5.74, 6) is 0.100. The van der Waals surface area contributed by atoms with Gasteiger partial charge in [0.2, 0.25) is 0 Å². The van der Waals surface area contributed by atoms with E-state index in [1.165, 1.54) is 24.3 Å². The molecule has 0 radical (unpaired) electrons. The highest BCUT2D eigenvalue weighted by molar-refractivity contribution is 7.90. The molecule has 2 aromatic carbocycles. The molecule has 4 nitrogen and oxygen atoms in total. The van der Waals surface area contributed by atoms with Crippen LogP contribution < -0.4 is 0 Å². The van der Waals surface area contributed by atoms with Crippen molar-refractivity contribution in [3.8, 4) is 22.6 Å². The zero-order valence-corrected chi connectivity index (χ0v) is 14.7. The Hall–Kier alpha value is -2.61. The van der Waals surface area contributed by atoms with Crippen molar-refractivity contribution < 1.29 is 21.6 Å². The van der Waals surface area contributed by atoms with E-state index in [9.17, 15) is 21.6 Å². The van der Waals surface area contributed by atoms with Gasteiger partial charge in [-0.2, -0.15) is 13.2 Å². The summed E-state index contributed by atoms with van der Waals surface area (Å²) in [6.07, 6.45) is -3.61. The van der Waals surface area contributed by atoms with Crippen LogP contribution in [0.3, 0.4) is 0 Å². The highest BCUT2D eigenvalue weighted by atomic mass is 32.2. The first kappa shape index (κ1) is 18.2. The van der Waals surface area contributed by atoms with Gasteiger partial charge in [-0.3, -0.25) is 0 Å². The van der Waals surface area contributed by atoms with E-state index in [1.807, 2.05) is 13.0 Å². The molecule has 0 fully saturated rings. The van der Waals surface area contributed by atoms with Gasteiger partial charge in [0.05, 0.1) is 10.6 Å². The summed E-state index contributed by atoms with van der Waals surface area (Å²) < 4.78 is 63.4. The fourth-order valence-corrected chi connectivity index (χ4v) is 3.22. The van der Waals surface area contributed by atoms with Crippen LogP contribution in [0.15, 0.2) is 53.4 Å². The van der Waals surface area contributed by atoms with Crippen LogP contribution in [0, 0.1) is 6.92 Å². The molecule has 26 heavy (non-hydrogen) atoms. The van der Waals surface area contributed by atoms with Crippen molar-refractivity contribution in [1.29, 1.82) is 0 Å². The Labute approximate surface area is 148 Å². The lowest BCUT2D eigenvalue weighted by Gasteiger charge is -2.07. The Morgan fingerprint density at radius 2 is 1.65 bits per heavy atom. The van der Waals surface area contributed by atoms with Gasteiger partial charge >= 0.3 is 6.18 Å². The number of aromatic amines is 1. The molecule has 0 aliphatic carbocycles. The van der Waals surface area contributed by atoms with E-state index >= 15 is 0 Å². The minimum Gasteiger partial charge on any atom is -0.337 e. The number of nitrogens with zero attached hydrogens (tertiary/aromatic N) is 1. The van der Waals surface area contributed by atoms with E-state index in [1.54, 1.807) is 18.2 Å². The lowest BCUT2D eigenvalue weighted by Crippen LogP contribution is -2.07. The highest BCUT2D eigenvalue weighted by Crippen LogP contribution is 2.37. The second-order valence-corrected chi connectivity index (χ2v) is 7.99. The molecule has 0 aliphatic rings. The lowest BCUT2D eigenvalue weighted by molar-refractivity contribution is -0.140. The lowest BCUT2D eigenvalue weighted by atomic mass is 10.1. The molecule has 0 saturated carbocycles. The second kappa shape index (κ2) is 6.28. The molecule has 0 atom stereocenters. The Kier molecular flexibility index (Phi) is 4.39. The average molecular weight is 380 g/mol. The van der Waals surface area contributed by atoms with Gasteiger partial charge in [-0.05, 0) is 25.1 Å². The number of halogens is 3. The molecule has 0 spiro atoms. The van der Waals surface area contributed by atoms with Crippen molar-refractivity contribution in [1.82, 2.24) is 9.97 Å². The zero-order valence-electron chi connectivity index (χ0n) is 13.9. The topological polar surface area (TPSA) is 62.8 Å². The molecule has 0 unspecified atom stereocenters. The van der Waals surface area contributed by atoms with Crippen LogP contribution >= 0.6 is 0 Å². The van der Waals surface area contributed by atoms with Crippen molar-refractivity contribution in [2.75, 3.05) is 6.26 Å². The molecular formula is C18H15F3N2O2S. The fraction of sp³-hybridized carbons (Fsp3) is 0.167. The van der Waals surface area contributed by atoms with Crippen LogP contribution in [0.4, 0.5) is 13.2 Å². The number of hydrogen-bond acceptors (Lipinski definition) is 3. The van der Waals surface area contributed by atoms with Crippen LogP contribution in [-0.2, 0) is 16.0 Å². The first-order chi connectivity index (χ1) is 12.1. The van der Waals surface area contributed by atoms with E-state index in [-0.39, 0.29) is 22.0 Å². The number of alkyl halides is 3. The number of hydrogen-bond donors (Lipinski definition) is 1. The van der Waals surface area contributed by atoms with Gasteiger partial charge in [0.15, 0.2) is 15.5 Å². The van der Waals surface area contributed by atoms with Gasteiger partial charge in [-0.1, -0.05) is 35.9 Å². The molecule has 0 aliphatic heterocycles. The van der Waals surface area contributed by atoms with E-state index in [4.69, 9.17) is 0 Å². The van der Waals surface area contributed by atoms with Crippen LogP contribution in [-0.4, -0.2) is 24.6 Å². The molecule has 1 heterocycles. The van der Waals surface area contributed by atoms with E-state index < -0.39 is 21.7 Å². The molecule has 0 amide bonds. The number of benzene rings is 2. The standard InChI is InChI=1S/C18H15F3N2O2S/c1-11-4-3-5-13(10-11)17-22-15(16(23-17)18(19,20)21)12-6-8-14(9-7-12)26(2,24)25/h3-10H,1-2H3,(H,22,23). The van der Waals surface area contributed by atoms with Gasteiger partial charge in [0, 0.05) is 17.4 Å².